The lowest BCUT2D eigenvalue weighted by Crippen LogP contribution is -2.22. The van der Waals surface area contributed by atoms with Gasteiger partial charge in [-0.15, -0.1) is 0 Å². The Bertz CT molecular complexity index is 585. The normalized spacial score (nSPS) is 12.2. The van der Waals surface area contributed by atoms with Crippen molar-refractivity contribution < 1.29 is 14.6 Å². The molecule has 1 unspecified atom stereocenters. The van der Waals surface area contributed by atoms with Crippen molar-refractivity contribution in [1.82, 2.24) is 0 Å². The van der Waals surface area contributed by atoms with Crippen LogP contribution in [0.4, 0.5) is 0 Å². The second-order valence-electron chi connectivity index (χ2n) is 4.41. The van der Waals surface area contributed by atoms with Crippen molar-refractivity contribution >= 4 is 18.1 Å². The number of hydrogen-bond acceptors (Lipinski definition) is 2. The smallest absolute Gasteiger partial charge is 0.344 e. The Kier molecular flexibility index (Phi) is 4.56. The van der Waals surface area contributed by atoms with Gasteiger partial charge < -0.3 is 9.84 Å². The molecule has 1 atom stereocenters. The number of ether oxygens (including phenoxy) is 1. The molecular weight excluding hydrogens is 252 g/mol. The van der Waals surface area contributed by atoms with Gasteiger partial charge in [0.2, 0.25) is 0 Å². The van der Waals surface area contributed by atoms with Gasteiger partial charge in [-0.2, -0.15) is 0 Å². The van der Waals surface area contributed by atoms with Crippen molar-refractivity contribution in [3.8, 4) is 5.75 Å². The summed E-state index contributed by atoms with van der Waals surface area (Å²) in [7, 11) is 0. The number of rotatable bonds is 5. The van der Waals surface area contributed by atoms with Gasteiger partial charge in [-0.3, -0.25) is 0 Å². The first-order valence-corrected chi connectivity index (χ1v) is 6.38. The summed E-state index contributed by atoms with van der Waals surface area (Å²) in [6, 6.07) is 17.3. The number of benzene rings is 2. The third-order valence-electron chi connectivity index (χ3n) is 2.81. The molecule has 0 aliphatic heterocycles. The molecule has 0 radical (unpaired) electrons. The van der Waals surface area contributed by atoms with Gasteiger partial charge in [-0.1, -0.05) is 54.6 Å². The number of carbonyl (C=O) groups is 1. The van der Waals surface area contributed by atoms with Crippen LogP contribution in [0, 0.1) is 0 Å². The molecule has 0 saturated heterocycles. The number of carboxylic acids is 1. The lowest BCUT2D eigenvalue weighted by Gasteiger charge is -2.10. The van der Waals surface area contributed by atoms with Crippen LogP contribution >= 0.6 is 0 Å². The highest BCUT2D eigenvalue weighted by atomic mass is 16.5. The van der Waals surface area contributed by atoms with Gasteiger partial charge in [0.25, 0.3) is 0 Å². The van der Waals surface area contributed by atoms with Gasteiger partial charge in [-0.25, -0.2) is 4.79 Å². The first-order valence-electron chi connectivity index (χ1n) is 6.38. The third kappa shape index (κ3) is 3.99. The molecule has 20 heavy (non-hydrogen) atoms. The maximum atomic E-state index is 10.7. The molecule has 0 aromatic heterocycles. The van der Waals surface area contributed by atoms with E-state index in [4.69, 9.17) is 9.84 Å². The minimum Gasteiger partial charge on any atom is -0.479 e. The van der Waals surface area contributed by atoms with E-state index in [9.17, 15) is 4.79 Å². The summed E-state index contributed by atoms with van der Waals surface area (Å²) < 4.78 is 5.27. The molecule has 0 heterocycles. The molecule has 3 nitrogen and oxygen atoms in total. The predicted octanol–water partition coefficient (Wildman–Crippen LogP) is 3.71. The van der Waals surface area contributed by atoms with Crippen LogP contribution in [0.5, 0.6) is 5.75 Å². The second-order valence-corrected chi connectivity index (χ2v) is 4.41. The van der Waals surface area contributed by atoms with Crippen LogP contribution in [0.3, 0.4) is 0 Å². The molecule has 2 aromatic rings. The molecule has 2 aromatic carbocycles. The van der Waals surface area contributed by atoms with Crippen molar-refractivity contribution in [2.24, 2.45) is 0 Å². The molecule has 0 aliphatic carbocycles. The van der Waals surface area contributed by atoms with Crippen molar-refractivity contribution in [2.45, 2.75) is 13.0 Å². The third-order valence-corrected chi connectivity index (χ3v) is 2.81. The highest BCUT2D eigenvalue weighted by Crippen LogP contribution is 2.16. The molecule has 0 bridgehead atoms. The average Bonchev–Trinajstić information content (AvgIpc) is 2.47. The van der Waals surface area contributed by atoms with Crippen molar-refractivity contribution in [3.63, 3.8) is 0 Å². The first kappa shape index (κ1) is 13.9. The SMILES string of the molecule is CC(Oc1ccc(/C=C/c2ccccc2)cc1)C(=O)O. The van der Waals surface area contributed by atoms with E-state index in [1.807, 2.05) is 54.6 Å². The van der Waals surface area contributed by atoms with E-state index in [-0.39, 0.29) is 0 Å². The highest BCUT2D eigenvalue weighted by Gasteiger charge is 2.11. The Balaban J connectivity index is 2.02. The summed E-state index contributed by atoms with van der Waals surface area (Å²) in [5, 5.41) is 8.77. The lowest BCUT2D eigenvalue weighted by molar-refractivity contribution is -0.144. The van der Waals surface area contributed by atoms with E-state index in [1.54, 1.807) is 12.1 Å². The maximum Gasteiger partial charge on any atom is 0.344 e. The number of hydrogen-bond donors (Lipinski definition) is 1. The molecule has 0 saturated carbocycles. The minimum atomic E-state index is -0.974. The van der Waals surface area contributed by atoms with E-state index >= 15 is 0 Å². The van der Waals surface area contributed by atoms with Crippen molar-refractivity contribution in [1.29, 1.82) is 0 Å². The topological polar surface area (TPSA) is 46.5 Å². The van der Waals surface area contributed by atoms with Crippen molar-refractivity contribution in [3.05, 3.63) is 65.7 Å². The molecular formula is C17H16O3. The highest BCUT2D eigenvalue weighted by molar-refractivity contribution is 5.72. The van der Waals surface area contributed by atoms with Gasteiger partial charge in [0.05, 0.1) is 0 Å². The monoisotopic (exact) mass is 268 g/mol. The summed E-state index contributed by atoms with van der Waals surface area (Å²) in [6.07, 6.45) is 3.18. The molecule has 102 valence electrons. The molecule has 3 heteroatoms. The van der Waals surface area contributed by atoms with Crippen LogP contribution < -0.4 is 4.74 Å². The molecule has 0 aliphatic rings. The summed E-state index contributed by atoms with van der Waals surface area (Å²) in [5.74, 6) is -0.421. The number of carboxylic acid groups (broad SMARTS) is 1. The zero-order valence-corrected chi connectivity index (χ0v) is 11.2. The van der Waals surface area contributed by atoms with E-state index in [0.29, 0.717) is 5.75 Å². The molecule has 0 amide bonds. The van der Waals surface area contributed by atoms with Gasteiger partial charge >= 0.3 is 5.97 Å². The van der Waals surface area contributed by atoms with E-state index < -0.39 is 12.1 Å². The van der Waals surface area contributed by atoms with Crippen LogP contribution in [-0.4, -0.2) is 17.2 Å². The largest absolute Gasteiger partial charge is 0.479 e. The minimum absolute atomic E-state index is 0.553. The van der Waals surface area contributed by atoms with Gasteiger partial charge in [0, 0.05) is 0 Å². The van der Waals surface area contributed by atoms with Crippen LogP contribution in [0.1, 0.15) is 18.1 Å². The van der Waals surface area contributed by atoms with Gasteiger partial charge in [-0.05, 0) is 30.2 Å². The Labute approximate surface area is 118 Å². The van der Waals surface area contributed by atoms with Crippen molar-refractivity contribution in [2.75, 3.05) is 0 Å². The lowest BCUT2D eigenvalue weighted by atomic mass is 10.1. The summed E-state index contributed by atoms with van der Waals surface area (Å²) >= 11 is 0. The molecule has 0 fully saturated rings. The number of aliphatic carboxylic acids is 1. The predicted molar refractivity (Wildman–Crippen MR) is 79.5 cm³/mol. The fourth-order valence-electron chi connectivity index (χ4n) is 1.67. The fraction of sp³-hybridized carbons (Fsp3) is 0.118. The summed E-state index contributed by atoms with van der Waals surface area (Å²) in [6.45, 7) is 1.51. The Morgan fingerprint density at radius 3 is 2.10 bits per heavy atom. The van der Waals surface area contributed by atoms with Gasteiger partial charge in [0.15, 0.2) is 6.10 Å². The van der Waals surface area contributed by atoms with Gasteiger partial charge in [0.1, 0.15) is 5.75 Å². The van der Waals surface area contributed by atoms with Crippen LogP contribution in [0.15, 0.2) is 54.6 Å². The quantitative estimate of drug-likeness (QED) is 0.841. The Morgan fingerprint density at radius 1 is 1.00 bits per heavy atom. The van der Waals surface area contributed by atoms with E-state index in [1.165, 1.54) is 6.92 Å². The standard InChI is InChI=1S/C17H16O3/c1-13(17(18)19)20-16-11-9-15(10-12-16)8-7-14-5-3-2-4-6-14/h2-13H,1H3,(H,18,19)/b8-7+. The molecule has 1 N–H and O–H groups in total. The van der Waals surface area contributed by atoms with Crippen LogP contribution in [0.25, 0.3) is 12.2 Å². The van der Waals surface area contributed by atoms with Crippen LogP contribution in [-0.2, 0) is 4.79 Å². The summed E-state index contributed by atoms with van der Waals surface area (Å²) in [4.78, 5) is 10.7. The zero-order valence-electron chi connectivity index (χ0n) is 11.2. The molecule has 0 spiro atoms. The fourth-order valence-corrected chi connectivity index (χ4v) is 1.67. The van der Waals surface area contributed by atoms with Crippen LogP contribution in [0.2, 0.25) is 0 Å². The second kappa shape index (κ2) is 6.57. The van der Waals surface area contributed by atoms with E-state index in [0.717, 1.165) is 11.1 Å². The van der Waals surface area contributed by atoms with E-state index in [2.05, 4.69) is 0 Å². The maximum absolute atomic E-state index is 10.7. The zero-order chi connectivity index (χ0) is 14.4. The average molecular weight is 268 g/mol. The summed E-state index contributed by atoms with van der Waals surface area (Å²) in [5.41, 5.74) is 2.16. The Morgan fingerprint density at radius 2 is 1.55 bits per heavy atom. The molecule has 2 rings (SSSR count). The Hall–Kier alpha value is -2.55. The first-order chi connectivity index (χ1) is 9.65.